The molecule has 2 heteroatoms. The van der Waals surface area contributed by atoms with Crippen LogP contribution in [0.1, 0.15) is 70.6 Å². The molecule has 0 amide bonds. The predicted molar refractivity (Wildman–Crippen MR) is 74.7 cm³/mol. The van der Waals surface area contributed by atoms with Crippen molar-refractivity contribution in [2.75, 3.05) is 7.05 Å². The topological polar surface area (TPSA) is 21.3 Å². The minimum absolute atomic E-state index is 0.494. The first-order valence-electron chi connectivity index (χ1n) is 8.18. The van der Waals surface area contributed by atoms with E-state index in [1.807, 2.05) is 0 Å². The van der Waals surface area contributed by atoms with Crippen LogP contribution in [0.15, 0.2) is 0 Å². The highest BCUT2D eigenvalue weighted by Gasteiger charge is 2.55. The molecule has 0 aromatic heterocycles. The normalized spacial score (nSPS) is 36.5. The lowest BCUT2D eigenvalue weighted by Gasteiger charge is -2.56. The van der Waals surface area contributed by atoms with E-state index >= 15 is 0 Å². The lowest BCUT2D eigenvalue weighted by molar-refractivity contribution is -0.166. The Bertz CT molecular complexity index is 264. The maximum atomic E-state index is 6.49. The van der Waals surface area contributed by atoms with Gasteiger partial charge in [0.15, 0.2) is 0 Å². The maximum absolute atomic E-state index is 6.49. The smallest absolute Gasteiger partial charge is 0.0665 e. The molecule has 3 fully saturated rings. The fraction of sp³-hybridized carbons (Fsp3) is 1.00. The first-order chi connectivity index (χ1) is 8.85. The second kappa shape index (κ2) is 5.50. The van der Waals surface area contributed by atoms with Crippen molar-refractivity contribution < 1.29 is 4.74 Å². The van der Waals surface area contributed by atoms with Crippen LogP contribution < -0.4 is 5.32 Å². The second-order valence-electron chi connectivity index (χ2n) is 6.76. The molecule has 3 saturated carbocycles. The van der Waals surface area contributed by atoms with Crippen molar-refractivity contribution in [1.29, 1.82) is 0 Å². The molecule has 0 heterocycles. The summed E-state index contributed by atoms with van der Waals surface area (Å²) in [7, 11) is 2.14. The van der Waals surface area contributed by atoms with Crippen LogP contribution in [0.25, 0.3) is 0 Å². The van der Waals surface area contributed by atoms with Crippen LogP contribution in [-0.2, 0) is 4.74 Å². The highest BCUT2D eigenvalue weighted by molar-refractivity contribution is 5.08. The molecule has 2 unspecified atom stereocenters. The number of rotatable bonds is 3. The van der Waals surface area contributed by atoms with Crippen molar-refractivity contribution in [3.05, 3.63) is 0 Å². The van der Waals surface area contributed by atoms with Gasteiger partial charge in [0, 0.05) is 11.5 Å². The van der Waals surface area contributed by atoms with Gasteiger partial charge in [-0.05, 0) is 39.2 Å². The van der Waals surface area contributed by atoms with Crippen molar-refractivity contribution in [3.63, 3.8) is 0 Å². The zero-order chi connectivity index (χ0) is 12.4. The molecular weight excluding hydrogens is 222 g/mol. The van der Waals surface area contributed by atoms with Crippen LogP contribution >= 0.6 is 0 Å². The number of ether oxygens (including phenoxy) is 1. The number of hydrogen-bond acceptors (Lipinski definition) is 2. The van der Waals surface area contributed by atoms with Gasteiger partial charge in [0.2, 0.25) is 0 Å². The van der Waals surface area contributed by atoms with Crippen LogP contribution in [0.4, 0.5) is 0 Å². The van der Waals surface area contributed by atoms with Crippen molar-refractivity contribution in [2.45, 2.75) is 88.9 Å². The molecule has 1 N–H and O–H groups in total. The standard InChI is InChI=1S/C16H29NO/c1-17-14-12-15(18-13-8-4-5-9-13)16(14)10-6-2-3-7-11-16/h13-15,17H,2-12H2,1H3. The van der Waals surface area contributed by atoms with E-state index in [9.17, 15) is 0 Å². The Kier molecular flexibility index (Phi) is 3.95. The van der Waals surface area contributed by atoms with Crippen molar-refractivity contribution >= 4 is 0 Å². The van der Waals surface area contributed by atoms with Gasteiger partial charge in [0.25, 0.3) is 0 Å². The maximum Gasteiger partial charge on any atom is 0.0665 e. The van der Waals surface area contributed by atoms with Crippen molar-refractivity contribution in [1.82, 2.24) is 5.32 Å². The summed E-state index contributed by atoms with van der Waals surface area (Å²) in [5.74, 6) is 0. The third-order valence-electron chi connectivity index (χ3n) is 5.83. The summed E-state index contributed by atoms with van der Waals surface area (Å²) in [6, 6.07) is 0.724. The first kappa shape index (κ1) is 12.9. The van der Waals surface area contributed by atoms with Crippen LogP contribution in [-0.4, -0.2) is 25.3 Å². The second-order valence-corrected chi connectivity index (χ2v) is 6.76. The Morgan fingerprint density at radius 1 is 0.944 bits per heavy atom. The number of nitrogens with one attached hydrogen (secondary N) is 1. The molecule has 0 radical (unpaired) electrons. The summed E-state index contributed by atoms with van der Waals surface area (Å²) >= 11 is 0. The average Bonchev–Trinajstić information content (AvgIpc) is 2.74. The highest BCUT2D eigenvalue weighted by atomic mass is 16.5. The third-order valence-corrected chi connectivity index (χ3v) is 5.83. The molecule has 18 heavy (non-hydrogen) atoms. The van der Waals surface area contributed by atoms with E-state index in [0.717, 1.165) is 6.04 Å². The lowest BCUT2D eigenvalue weighted by Crippen LogP contribution is -2.63. The van der Waals surface area contributed by atoms with Crippen LogP contribution in [0, 0.1) is 5.41 Å². The van der Waals surface area contributed by atoms with E-state index in [0.29, 0.717) is 17.6 Å². The highest BCUT2D eigenvalue weighted by Crippen LogP contribution is 2.53. The zero-order valence-electron chi connectivity index (χ0n) is 11.9. The molecule has 0 bridgehead atoms. The van der Waals surface area contributed by atoms with Gasteiger partial charge in [-0.2, -0.15) is 0 Å². The van der Waals surface area contributed by atoms with Crippen molar-refractivity contribution in [2.24, 2.45) is 5.41 Å². The van der Waals surface area contributed by atoms with Gasteiger partial charge >= 0.3 is 0 Å². The Balaban J connectivity index is 1.65. The molecule has 0 aromatic rings. The monoisotopic (exact) mass is 251 g/mol. The van der Waals surface area contributed by atoms with E-state index in [2.05, 4.69) is 12.4 Å². The summed E-state index contributed by atoms with van der Waals surface area (Å²) in [5, 5.41) is 3.56. The molecule has 2 atom stereocenters. The molecule has 2 nitrogen and oxygen atoms in total. The van der Waals surface area contributed by atoms with Crippen LogP contribution in [0.5, 0.6) is 0 Å². The molecule has 0 aromatic carbocycles. The molecule has 0 saturated heterocycles. The minimum atomic E-state index is 0.494. The molecule has 3 aliphatic rings. The fourth-order valence-electron chi connectivity index (χ4n) is 4.66. The van der Waals surface area contributed by atoms with Gasteiger partial charge in [-0.15, -0.1) is 0 Å². The van der Waals surface area contributed by atoms with E-state index in [1.165, 1.54) is 70.6 Å². The van der Waals surface area contributed by atoms with E-state index in [1.54, 1.807) is 0 Å². The summed E-state index contributed by atoms with van der Waals surface area (Å²) in [6.07, 6.45) is 16.3. The Hall–Kier alpha value is -0.0800. The Labute approximate surface area is 112 Å². The SMILES string of the molecule is CNC1CC(OC2CCCC2)C12CCCCCC2. The number of hydrogen-bond donors (Lipinski definition) is 1. The average molecular weight is 251 g/mol. The van der Waals surface area contributed by atoms with Gasteiger partial charge in [-0.3, -0.25) is 0 Å². The fourth-order valence-corrected chi connectivity index (χ4v) is 4.66. The Morgan fingerprint density at radius 3 is 2.22 bits per heavy atom. The summed E-state index contributed by atoms with van der Waals surface area (Å²) in [6.45, 7) is 0. The molecular formula is C16H29NO. The molecule has 3 rings (SSSR count). The molecule has 3 aliphatic carbocycles. The van der Waals surface area contributed by atoms with E-state index in [-0.39, 0.29) is 0 Å². The quantitative estimate of drug-likeness (QED) is 0.826. The van der Waals surface area contributed by atoms with Gasteiger partial charge in [0.05, 0.1) is 12.2 Å². The van der Waals surface area contributed by atoms with E-state index < -0.39 is 0 Å². The van der Waals surface area contributed by atoms with Crippen molar-refractivity contribution in [3.8, 4) is 0 Å². The summed E-state index contributed by atoms with van der Waals surface area (Å²) in [4.78, 5) is 0. The minimum Gasteiger partial charge on any atom is -0.374 e. The summed E-state index contributed by atoms with van der Waals surface area (Å²) < 4.78 is 6.49. The third kappa shape index (κ3) is 2.22. The predicted octanol–water partition coefficient (Wildman–Crippen LogP) is 3.65. The van der Waals surface area contributed by atoms with E-state index in [4.69, 9.17) is 4.74 Å². The first-order valence-corrected chi connectivity index (χ1v) is 8.18. The van der Waals surface area contributed by atoms with Crippen LogP contribution in [0.2, 0.25) is 0 Å². The zero-order valence-corrected chi connectivity index (χ0v) is 11.9. The largest absolute Gasteiger partial charge is 0.374 e. The van der Waals surface area contributed by atoms with Gasteiger partial charge < -0.3 is 10.1 Å². The summed E-state index contributed by atoms with van der Waals surface area (Å²) in [5.41, 5.74) is 0.494. The lowest BCUT2D eigenvalue weighted by atomic mass is 9.57. The Morgan fingerprint density at radius 2 is 1.61 bits per heavy atom. The molecule has 1 spiro atoms. The van der Waals surface area contributed by atoms with Gasteiger partial charge in [0.1, 0.15) is 0 Å². The molecule has 104 valence electrons. The molecule has 0 aliphatic heterocycles. The van der Waals surface area contributed by atoms with Gasteiger partial charge in [-0.1, -0.05) is 38.5 Å². The van der Waals surface area contributed by atoms with Gasteiger partial charge in [-0.25, -0.2) is 0 Å². The van der Waals surface area contributed by atoms with Crippen LogP contribution in [0.3, 0.4) is 0 Å².